The van der Waals surface area contributed by atoms with E-state index in [9.17, 15) is 8.42 Å². The zero-order valence-electron chi connectivity index (χ0n) is 24.7. The summed E-state index contributed by atoms with van der Waals surface area (Å²) in [5.41, 5.74) is 2.91. The Morgan fingerprint density at radius 1 is 0.909 bits per heavy atom. The third-order valence-corrected chi connectivity index (χ3v) is 11.0. The molecule has 0 amide bonds. The van der Waals surface area contributed by atoms with E-state index in [2.05, 4.69) is 44.5 Å². The number of likely N-dealkylation sites (N-methyl/N-ethyl adjacent to an activating group) is 1. The summed E-state index contributed by atoms with van der Waals surface area (Å²) < 4.78 is 30.7. The van der Waals surface area contributed by atoms with Crippen LogP contribution in [0.5, 0.6) is 5.75 Å². The van der Waals surface area contributed by atoms with Crippen molar-refractivity contribution in [2.24, 2.45) is 0 Å². The lowest BCUT2D eigenvalue weighted by atomic mass is 10.0. The van der Waals surface area contributed by atoms with Crippen molar-refractivity contribution in [3.05, 3.63) is 65.7 Å². The maximum atomic E-state index is 12.5. The van der Waals surface area contributed by atoms with Crippen LogP contribution < -0.4 is 41.5 Å². The van der Waals surface area contributed by atoms with Crippen molar-refractivity contribution in [2.45, 2.75) is 23.8 Å². The van der Waals surface area contributed by atoms with Crippen LogP contribution in [0.25, 0.3) is 10.9 Å². The maximum absolute atomic E-state index is 12.5. The molecule has 0 spiro atoms. The van der Waals surface area contributed by atoms with Gasteiger partial charge in [0.1, 0.15) is 16.5 Å². The summed E-state index contributed by atoms with van der Waals surface area (Å²) in [5.74, 6) is 1.44. The topological polar surface area (TPSA) is 103 Å². The fourth-order valence-corrected chi connectivity index (χ4v) is 7.99. The normalized spacial score (nSPS) is 17.1. The standard InChI is InChI=1S/C31H36ClIN7O3S/c1-38-15-17-40(18-16-38)22-11-13-39(14-12-22)23-8-10-26(28(20-23)43-2)36-31-35-25-9-7-21(32)19-24(25)30(37-31)34-27-5-3-4-6-29(27)44(33,41)42/h3-10,19-20,22,33H,11-18H2,1-2H3,(H2,34,35,36,37)/q+1. The Morgan fingerprint density at radius 2 is 1.66 bits per heavy atom. The average Bonchev–Trinajstić information content (AvgIpc) is 3.02. The first-order chi connectivity index (χ1) is 21.2. The predicted molar refractivity (Wildman–Crippen MR) is 173 cm³/mol. The Bertz CT molecular complexity index is 1760. The number of hydrogen-bond acceptors (Lipinski definition) is 10. The van der Waals surface area contributed by atoms with Crippen molar-refractivity contribution in [2.75, 3.05) is 69.0 Å². The molecule has 44 heavy (non-hydrogen) atoms. The summed E-state index contributed by atoms with van der Waals surface area (Å²) in [4.78, 5) is 17.1. The Labute approximate surface area is 275 Å². The van der Waals surface area contributed by atoms with Crippen molar-refractivity contribution >= 4 is 58.3 Å². The van der Waals surface area contributed by atoms with Crippen molar-refractivity contribution in [1.29, 1.82) is 0 Å². The third-order valence-electron chi connectivity index (χ3n) is 8.38. The zero-order valence-corrected chi connectivity index (χ0v) is 28.6. The summed E-state index contributed by atoms with van der Waals surface area (Å²) in [7, 11) is 0.385. The Kier molecular flexibility index (Phi) is 9.34. The lowest BCUT2D eigenvalue weighted by Gasteiger charge is -2.42. The molecule has 0 radical (unpaired) electrons. The van der Waals surface area contributed by atoms with E-state index in [0.29, 0.717) is 45.2 Å². The number of anilines is 5. The molecule has 6 rings (SSSR count). The second kappa shape index (κ2) is 13.2. The Morgan fingerprint density at radius 3 is 2.39 bits per heavy atom. The molecule has 3 aromatic carbocycles. The fraction of sp³-hybridized carbons (Fsp3) is 0.355. The van der Waals surface area contributed by atoms with Gasteiger partial charge in [-0.25, -0.2) is 4.98 Å². The highest BCUT2D eigenvalue weighted by molar-refractivity contribution is 7.84. The van der Waals surface area contributed by atoms with Crippen LogP contribution in [0.3, 0.4) is 0 Å². The van der Waals surface area contributed by atoms with E-state index in [0.717, 1.165) is 84.7 Å². The molecule has 1 aromatic heterocycles. The molecule has 4 aromatic rings. The second-order valence-electron chi connectivity index (χ2n) is 11.2. The van der Waals surface area contributed by atoms with Crippen molar-refractivity contribution in [3.8, 4) is 5.75 Å². The summed E-state index contributed by atoms with van der Waals surface area (Å²) in [6.45, 7) is 6.61. The van der Waals surface area contributed by atoms with E-state index in [-0.39, 0.29) is 4.90 Å². The first-order valence-electron chi connectivity index (χ1n) is 14.6. The van der Waals surface area contributed by atoms with Gasteiger partial charge in [0.05, 0.1) is 24.0 Å². The fourth-order valence-electron chi connectivity index (χ4n) is 5.94. The molecule has 2 aliphatic rings. The smallest absolute Gasteiger partial charge is 0.404 e. The highest BCUT2D eigenvalue weighted by atomic mass is 127. The molecule has 2 aliphatic heterocycles. The quantitative estimate of drug-likeness (QED) is 0.206. The van der Waals surface area contributed by atoms with Crippen LogP contribution in [0.1, 0.15) is 12.8 Å². The number of hydrogen-bond donors (Lipinski definition) is 2. The van der Waals surface area contributed by atoms with Crippen molar-refractivity contribution < 1.29 is 34.4 Å². The first-order valence-corrected chi connectivity index (χ1v) is 19.2. The van der Waals surface area contributed by atoms with Gasteiger partial charge < -0.3 is 25.2 Å². The van der Waals surface area contributed by atoms with Crippen LogP contribution >= 0.6 is 11.6 Å². The van der Waals surface area contributed by atoms with Gasteiger partial charge in [0.2, 0.25) is 5.95 Å². The highest BCUT2D eigenvalue weighted by Gasteiger charge is 2.27. The van der Waals surface area contributed by atoms with Crippen LogP contribution in [0.4, 0.5) is 28.8 Å². The van der Waals surface area contributed by atoms with Gasteiger partial charge in [0.15, 0.2) is 0 Å². The number of nitrogens with one attached hydrogen (secondary N) is 2. The van der Waals surface area contributed by atoms with Gasteiger partial charge in [0.25, 0.3) is 0 Å². The van der Waals surface area contributed by atoms with E-state index in [4.69, 9.17) is 26.3 Å². The molecule has 2 N–H and O–H groups in total. The lowest BCUT2D eigenvalue weighted by Crippen LogP contribution is -3.36. The largest absolute Gasteiger partial charge is 0.494 e. The number of nitrogens with zero attached hydrogens (tertiary/aromatic N) is 5. The maximum Gasteiger partial charge on any atom is 0.404 e. The van der Waals surface area contributed by atoms with Crippen LogP contribution in [-0.4, -0.2) is 87.7 Å². The molecule has 3 heterocycles. The van der Waals surface area contributed by atoms with Gasteiger partial charge in [-0.05, 0) is 62.4 Å². The van der Waals surface area contributed by atoms with Gasteiger partial charge in [-0.2, -0.15) is 13.4 Å². The van der Waals surface area contributed by atoms with Gasteiger partial charge in [-0.3, -0.25) is 4.90 Å². The van der Waals surface area contributed by atoms with E-state index in [1.54, 1.807) is 43.5 Å². The number of methoxy groups -OCH3 is 1. The molecular formula is C31H36ClIN7O3S+. The number of halogens is 2. The summed E-state index contributed by atoms with van der Waals surface area (Å²) in [6.07, 6.45) is 2.30. The molecular weight excluding hydrogens is 713 g/mol. The Balaban J connectivity index is 1.23. The number of piperidine rings is 1. The number of aromatic nitrogens is 2. The lowest BCUT2D eigenvalue weighted by molar-refractivity contribution is -0.164. The SMILES string of the molecule is COc1cc(N2CCC(N3CCN(C)CC3)CC2)ccc1Nc1nc(Nc2ccccc2S(=O)(=O)[IH+])c2cc(Cl)ccc2n1. The molecule has 0 aliphatic carbocycles. The minimum absolute atomic E-state index is 0.179. The minimum atomic E-state index is -3.47. The molecule has 2 fully saturated rings. The third kappa shape index (κ3) is 6.99. The van der Waals surface area contributed by atoms with E-state index in [1.807, 2.05) is 12.1 Å². The molecule has 10 nitrogen and oxygen atoms in total. The number of benzene rings is 3. The van der Waals surface area contributed by atoms with Gasteiger partial charge >= 0.3 is 28.2 Å². The van der Waals surface area contributed by atoms with Gasteiger partial charge in [0, 0.05) is 67.5 Å². The number of fused-ring (bicyclic) bond motifs is 1. The molecule has 0 unspecified atom stereocenters. The molecule has 13 heteroatoms. The summed E-state index contributed by atoms with van der Waals surface area (Å²) in [5, 5.41) is 7.71. The number of para-hydroxylation sites is 1. The van der Waals surface area contributed by atoms with Crippen LogP contribution in [0, 0.1) is 0 Å². The molecule has 0 atom stereocenters. The minimum Gasteiger partial charge on any atom is -0.494 e. The highest BCUT2D eigenvalue weighted by Crippen LogP contribution is 2.35. The summed E-state index contributed by atoms with van der Waals surface area (Å²) in [6, 6.07) is 18.9. The predicted octanol–water partition coefficient (Wildman–Crippen LogP) is 1.97. The number of rotatable bonds is 8. The van der Waals surface area contributed by atoms with E-state index in [1.165, 1.54) is 0 Å². The van der Waals surface area contributed by atoms with E-state index < -0.39 is 7.01 Å². The molecule has 0 bridgehead atoms. The van der Waals surface area contributed by atoms with E-state index >= 15 is 0 Å². The molecule has 0 saturated carbocycles. The van der Waals surface area contributed by atoms with Crippen molar-refractivity contribution in [1.82, 2.24) is 19.8 Å². The number of ether oxygens (including phenoxy) is 1. The van der Waals surface area contributed by atoms with Crippen LogP contribution in [0.15, 0.2) is 65.6 Å². The Hall–Kier alpha value is -2.91. The first kappa shape index (κ1) is 31.1. The average molecular weight is 749 g/mol. The van der Waals surface area contributed by atoms with Crippen molar-refractivity contribution in [3.63, 3.8) is 0 Å². The van der Waals surface area contributed by atoms with Crippen LogP contribution in [-0.2, 0) is 7.01 Å². The number of piperazine rings is 1. The zero-order chi connectivity index (χ0) is 30.8. The van der Waals surface area contributed by atoms with Gasteiger partial charge in [-0.15, -0.1) is 0 Å². The summed E-state index contributed by atoms with van der Waals surface area (Å²) >= 11 is 7.42. The monoisotopic (exact) mass is 748 g/mol. The van der Waals surface area contributed by atoms with Gasteiger partial charge in [-0.1, -0.05) is 23.7 Å². The van der Waals surface area contributed by atoms with Crippen LogP contribution in [0.2, 0.25) is 5.02 Å². The molecule has 2 saturated heterocycles. The second-order valence-corrected chi connectivity index (χ2v) is 16.7. The molecule has 232 valence electrons.